The molecule has 0 aromatic carbocycles. The zero-order chi connectivity index (χ0) is 12.8. The summed E-state index contributed by atoms with van der Waals surface area (Å²) in [5.74, 6) is 0. The van der Waals surface area contributed by atoms with Gasteiger partial charge in [-0.25, -0.2) is 4.79 Å². The van der Waals surface area contributed by atoms with E-state index in [1.807, 2.05) is 20.8 Å². The lowest BCUT2D eigenvalue weighted by atomic mass is 10.2. The minimum absolute atomic E-state index is 0.230. The average molecular weight is 232 g/mol. The number of ether oxygens (including phenoxy) is 1. The van der Waals surface area contributed by atoms with E-state index in [1.54, 1.807) is 11.9 Å². The molecular weight excluding hydrogens is 208 g/mol. The Morgan fingerprint density at radius 3 is 2.38 bits per heavy atom. The zero-order valence-corrected chi connectivity index (χ0v) is 10.9. The molecule has 0 aromatic rings. The van der Waals surface area contributed by atoms with E-state index in [-0.39, 0.29) is 12.1 Å². The fourth-order valence-electron chi connectivity index (χ4n) is 1.45. The lowest BCUT2D eigenvalue weighted by Crippen LogP contribution is -2.41. The van der Waals surface area contributed by atoms with E-state index in [2.05, 4.69) is 5.32 Å². The van der Waals surface area contributed by atoms with Gasteiger partial charge in [0.25, 0.3) is 0 Å². The first-order chi connectivity index (χ1) is 7.40. The van der Waals surface area contributed by atoms with E-state index in [0.717, 1.165) is 26.6 Å². The molecule has 0 spiro atoms. The number of amides is 1. The molecule has 1 saturated heterocycles. The highest BCUT2D eigenvalue weighted by Crippen LogP contribution is 2.13. The van der Waals surface area contributed by atoms with Crippen LogP contribution < -0.4 is 5.32 Å². The van der Waals surface area contributed by atoms with Gasteiger partial charge in [0.2, 0.25) is 0 Å². The van der Waals surface area contributed by atoms with Crippen molar-refractivity contribution in [3.63, 3.8) is 0 Å². The van der Waals surface area contributed by atoms with Crippen LogP contribution in [-0.4, -0.2) is 55.0 Å². The predicted molar refractivity (Wildman–Crippen MR) is 63.4 cm³/mol. The molecule has 1 atom stereocenters. The molecule has 1 rings (SSSR count). The normalized spacial score (nSPS) is 19.8. The molecule has 1 unspecified atom stereocenters. The minimum atomic E-state index is -0.405. The van der Waals surface area contributed by atoms with Crippen molar-refractivity contribution in [3.8, 4) is 0 Å². The molecule has 5 nitrogen and oxygen atoms in total. The maximum atomic E-state index is 11.6. The Labute approximate surface area is 97.8 Å². The zero-order valence-electron chi connectivity index (χ0n) is 10.9. The van der Waals surface area contributed by atoms with Gasteiger partial charge in [0.1, 0.15) is 5.60 Å². The second-order valence-corrected chi connectivity index (χ2v) is 4.74. The lowest BCUT2D eigenvalue weighted by molar-refractivity contribution is 0.0236. The molecule has 0 aromatic heterocycles. The highest BCUT2D eigenvalue weighted by molar-refractivity contribution is 5.68. The number of nitrogens with zero attached hydrogens (tertiary/aromatic N) is 1. The van der Waals surface area contributed by atoms with Crippen molar-refractivity contribution in [2.75, 3.05) is 27.2 Å². The van der Waals surface area contributed by atoms with Crippen LogP contribution in [0.15, 0.2) is 0 Å². The van der Waals surface area contributed by atoms with E-state index in [0.29, 0.717) is 0 Å². The highest BCUT2D eigenvalue weighted by atomic mass is 16.6. The summed E-state index contributed by atoms with van der Waals surface area (Å²) in [6.07, 6.45) is 0.779. The molecule has 16 heavy (non-hydrogen) atoms. The van der Waals surface area contributed by atoms with Crippen LogP contribution in [0.25, 0.3) is 0 Å². The van der Waals surface area contributed by atoms with Gasteiger partial charge in [-0.3, -0.25) is 0 Å². The number of nitrogens with one attached hydrogen (secondary N) is 1. The quantitative estimate of drug-likeness (QED) is 0.703. The van der Waals surface area contributed by atoms with Crippen LogP contribution in [0.1, 0.15) is 27.2 Å². The molecular formula is C11H24N2O3. The van der Waals surface area contributed by atoms with Crippen LogP contribution in [0.2, 0.25) is 0 Å². The van der Waals surface area contributed by atoms with Crippen LogP contribution in [0, 0.1) is 0 Å². The van der Waals surface area contributed by atoms with Crippen molar-refractivity contribution in [1.29, 1.82) is 0 Å². The molecule has 1 heterocycles. The van der Waals surface area contributed by atoms with Gasteiger partial charge >= 0.3 is 6.09 Å². The first-order valence-corrected chi connectivity index (χ1v) is 5.51. The second kappa shape index (κ2) is 6.70. The summed E-state index contributed by atoms with van der Waals surface area (Å²) in [6, 6.07) is 0.282. The number of aliphatic hydroxyl groups is 1. The molecule has 2 N–H and O–H groups in total. The van der Waals surface area contributed by atoms with Gasteiger partial charge in [-0.05, 0) is 33.7 Å². The number of likely N-dealkylation sites (N-methyl/N-ethyl adjacent to an activating group) is 1. The van der Waals surface area contributed by atoms with Crippen molar-refractivity contribution in [3.05, 3.63) is 0 Å². The maximum absolute atomic E-state index is 11.6. The number of aliphatic hydroxyl groups excluding tert-OH is 1. The third-order valence-electron chi connectivity index (χ3n) is 2.26. The van der Waals surface area contributed by atoms with E-state index in [1.165, 1.54) is 0 Å². The number of rotatable bonds is 1. The fourth-order valence-corrected chi connectivity index (χ4v) is 1.45. The van der Waals surface area contributed by atoms with E-state index < -0.39 is 5.60 Å². The summed E-state index contributed by atoms with van der Waals surface area (Å²) in [7, 11) is 2.80. The number of hydrogen-bond acceptors (Lipinski definition) is 4. The molecule has 0 saturated carbocycles. The van der Waals surface area contributed by atoms with Crippen LogP contribution in [0.4, 0.5) is 4.79 Å². The molecule has 0 aliphatic carbocycles. The third-order valence-corrected chi connectivity index (χ3v) is 2.26. The molecule has 1 amide bonds. The molecule has 96 valence electrons. The molecule has 1 fully saturated rings. The summed E-state index contributed by atoms with van der Waals surface area (Å²) in [6.45, 7) is 7.50. The topological polar surface area (TPSA) is 61.8 Å². The van der Waals surface area contributed by atoms with Gasteiger partial charge in [0.05, 0.1) is 0 Å². The van der Waals surface area contributed by atoms with Crippen LogP contribution >= 0.6 is 0 Å². The molecule has 5 heteroatoms. The van der Waals surface area contributed by atoms with Crippen LogP contribution in [-0.2, 0) is 4.74 Å². The van der Waals surface area contributed by atoms with Crippen LogP contribution in [0.3, 0.4) is 0 Å². The minimum Gasteiger partial charge on any atom is -0.444 e. The summed E-state index contributed by atoms with van der Waals surface area (Å²) < 4.78 is 5.27. The van der Waals surface area contributed by atoms with Crippen molar-refractivity contribution in [1.82, 2.24) is 10.2 Å². The smallest absolute Gasteiger partial charge is 0.410 e. The van der Waals surface area contributed by atoms with Crippen molar-refractivity contribution in [2.24, 2.45) is 0 Å². The summed E-state index contributed by atoms with van der Waals surface area (Å²) in [5, 5.41) is 10.2. The SMILES string of the molecule is CN(C(=O)OC(C)(C)C)C1CCNC1.CO. The molecule has 0 bridgehead atoms. The Kier molecular flexibility index (Phi) is 6.36. The number of hydrogen-bond donors (Lipinski definition) is 2. The highest BCUT2D eigenvalue weighted by Gasteiger charge is 2.26. The third kappa shape index (κ3) is 5.32. The van der Waals surface area contributed by atoms with Gasteiger partial charge < -0.3 is 20.1 Å². The van der Waals surface area contributed by atoms with Gasteiger partial charge in [0.15, 0.2) is 0 Å². The maximum Gasteiger partial charge on any atom is 0.410 e. The second-order valence-electron chi connectivity index (χ2n) is 4.74. The van der Waals surface area contributed by atoms with Crippen molar-refractivity contribution in [2.45, 2.75) is 38.8 Å². The van der Waals surface area contributed by atoms with Gasteiger partial charge in [-0.15, -0.1) is 0 Å². The predicted octanol–water partition coefficient (Wildman–Crippen LogP) is 0.824. The largest absolute Gasteiger partial charge is 0.444 e. The van der Waals surface area contributed by atoms with Gasteiger partial charge in [-0.2, -0.15) is 0 Å². The number of carbonyl (C=O) groups excluding carboxylic acids is 1. The Bertz CT molecular complexity index is 208. The Morgan fingerprint density at radius 1 is 1.44 bits per heavy atom. The van der Waals surface area contributed by atoms with E-state index in [9.17, 15) is 4.79 Å². The molecule has 0 radical (unpaired) electrons. The monoisotopic (exact) mass is 232 g/mol. The van der Waals surface area contributed by atoms with Gasteiger partial charge in [0, 0.05) is 26.7 Å². The lowest BCUT2D eigenvalue weighted by Gasteiger charge is -2.28. The van der Waals surface area contributed by atoms with Crippen LogP contribution in [0.5, 0.6) is 0 Å². The van der Waals surface area contributed by atoms with E-state index >= 15 is 0 Å². The van der Waals surface area contributed by atoms with Crippen molar-refractivity contribution >= 4 is 6.09 Å². The number of carbonyl (C=O) groups is 1. The first-order valence-electron chi connectivity index (χ1n) is 5.51. The summed E-state index contributed by atoms with van der Waals surface area (Å²) in [5.41, 5.74) is -0.405. The Hall–Kier alpha value is -0.810. The Morgan fingerprint density at radius 2 is 2.00 bits per heavy atom. The Balaban J connectivity index is 0.00000106. The van der Waals surface area contributed by atoms with Crippen molar-refractivity contribution < 1.29 is 14.6 Å². The standard InChI is InChI=1S/C10H20N2O2.CH4O/c1-10(2,3)14-9(13)12(4)8-5-6-11-7-8;1-2/h8,11H,5-7H2,1-4H3;2H,1H3. The summed E-state index contributed by atoms with van der Waals surface area (Å²) in [4.78, 5) is 13.3. The first kappa shape index (κ1) is 15.2. The average Bonchev–Trinajstić information content (AvgIpc) is 2.70. The van der Waals surface area contributed by atoms with Gasteiger partial charge in [-0.1, -0.05) is 0 Å². The fraction of sp³-hybridized carbons (Fsp3) is 0.909. The molecule has 1 aliphatic rings. The summed E-state index contributed by atoms with van der Waals surface area (Å²) >= 11 is 0. The van der Waals surface area contributed by atoms with E-state index in [4.69, 9.17) is 9.84 Å². The molecule has 1 aliphatic heterocycles.